The van der Waals surface area contributed by atoms with E-state index in [9.17, 15) is 22.8 Å². The highest BCUT2D eigenvalue weighted by Gasteiger charge is 2.30. The van der Waals surface area contributed by atoms with Crippen molar-refractivity contribution in [3.8, 4) is 5.75 Å². The normalized spacial score (nSPS) is 11.2. The molecule has 0 fully saturated rings. The highest BCUT2D eigenvalue weighted by molar-refractivity contribution is 6.05. The third-order valence-electron chi connectivity index (χ3n) is 3.02. The number of anilines is 1. The summed E-state index contributed by atoms with van der Waals surface area (Å²) < 4.78 is 43.3. The molecule has 0 aliphatic heterocycles. The summed E-state index contributed by atoms with van der Waals surface area (Å²) in [7, 11) is 2.63. The number of halogens is 3. The fourth-order valence-corrected chi connectivity index (χ4v) is 1.82. The van der Waals surface area contributed by atoms with E-state index in [4.69, 9.17) is 4.74 Å². The Morgan fingerprint density at radius 2 is 1.87 bits per heavy atom. The second kappa shape index (κ2) is 6.11. The Kier molecular flexibility index (Phi) is 4.39. The maximum atomic E-state index is 12.5. The summed E-state index contributed by atoms with van der Waals surface area (Å²) in [4.78, 5) is 24.2. The van der Waals surface area contributed by atoms with E-state index >= 15 is 0 Å². The van der Waals surface area contributed by atoms with Gasteiger partial charge in [-0.2, -0.15) is 18.3 Å². The molecule has 2 rings (SSSR count). The number of aromatic nitrogens is 2. The van der Waals surface area contributed by atoms with Gasteiger partial charge in [0.1, 0.15) is 5.56 Å². The first-order valence-corrected chi connectivity index (χ1v) is 6.33. The molecule has 2 aromatic rings. The van der Waals surface area contributed by atoms with E-state index in [1.807, 2.05) is 0 Å². The van der Waals surface area contributed by atoms with Gasteiger partial charge in [0.15, 0.2) is 5.75 Å². The lowest BCUT2D eigenvalue weighted by molar-refractivity contribution is -0.137. The number of carbonyl (C=O) groups excluding carboxylic acids is 1. The van der Waals surface area contributed by atoms with Crippen LogP contribution in [-0.4, -0.2) is 22.8 Å². The molecule has 1 amide bonds. The Morgan fingerprint density at radius 3 is 2.39 bits per heavy atom. The zero-order chi connectivity index (χ0) is 17.2. The quantitative estimate of drug-likeness (QED) is 0.936. The van der Waals surface area contributed by atoms with Crippen molar-refractivity contribution >= 4 is 11.6 Å². The molecule has 0 bridgehead atoms. The summed E-state index contributed by atoms with van der Waals surface area (Å²) in [6.07, 6.45) is -3.27. The van der Waals surface area contributed by atoms with Crippen LogP contribution in [0.2, 0.25) is 0 Å². The van der Waals surface area contributed by atoms with E-state index in [-0.39, 0.29) is 17.0 Å². The molecule has 0 saturated heterocycles. The summed E-state index contributed by atoms with van der Waals surface area (Å²) in [6.45, 7) is 0. The van der Waals surface area contributed by atoms with Crippen molar-refractivity contribution in [2.75, 3.05) is 12.4 Å². The third-order valence-corrected chi connectivity index (χ3v) is 3.02. The van der Waals surface area contributed by atoms with E-state index in [1.54, 1.807) is 0 Å². The van der Waals surface area contributed by atoms with E-state index < -0.39 is 23.2 Å². The molecule has 0 aliphatic rings. The molecular weight excluding hydrogens is 315 g/mol. The molecule has 1 aromatic carbocycles. The SMILES string of the molecule is COc1cnn(C)c(=O)c1C(=O)Nc1ccc(C(F)(F)F)cc1. The molecule has 9 heteroatoms. The van der Waals surface area contributed by atoms with Gasteiger partial charge in [-0.05, 0) is 24.3 Å². The summed E-state index contributed by atoms with van der Waals surface area (Å²) >= 11 is 0. The molecule has 1 aromatic heterocycles. The topological polar surface area (TPSA) is 73.2 Å². The summed E-state index contributed by atoms with van der Waals surface area (Å²) in [5, 5.41) is 6.06. The van der Waals surface area contributed by atoms with Gasteiger partial charge in [0.25, 0.3) is 11.5 Å². The molecule has 23 heavy (non-hydrogen) atoms. The number of rotatable bonds is 3. The average molecular weight is 327 g/mol. The van der Waals surface area contributed by atoms with E-state index in [1.165, 1.54) is 20.4 Å². The molecule has 122 valence electrons. The zero-order valence-electron chi connectivity index (χ0n) is 12.1. The van der Waals surface area contributed by atoms with Gasteiger partial charge >= 0.3 is 6.18 Å². The van der Waals surface area contributed by atoms with Crippen LogP contribution in [0.15, 0.2) is 35.3 Å². The number of nitrogens with zero attached hydrogens (tertiary/aromatic N) is 2. The molecule has 1 N–H and O–H groups in total. The molecule has 6 nitrogen and oxygen atoms in total. The Hall–Kier alpha value is -2.84. The van der Waals surface area contributed by atoms with Crippen LogP contribution in [0.25, 0.3) is 0 Å². The number of hydrogen-bond acceptors (Lipinski definition) is 4. The number of methoxy groups -OCH3 is 1. The Labute approximate surface area is 128 Å². The fourth-order valence-electron chi connectivity index (χ4n) is 1.82. The summed E-state index contributed by atoms with van der Waals surface area (Å²) in [5.74, 6) is -0.831. The first-order chi connectivity index (χ1) is 10.7. The molecule has 0 spiro atoms. The minimum absolute atomic E-state index is 0.0301. The molecule has 0 aliphatic carbocycles. The molecule has 1 heterocycles. The number of alkyl halides is 3. The van der Waals surface area contributed by atoms with Gasteiger partial charge in [-0.25, -0.2) is 4.68 Å². The Morgan fingerprint density at radius 1 is 1.26 bits per heavy atom. The van der Waals surface area contributed by atoms with Crippen LogP contribution in [0, 0.1) is 0 Å². The van der Waals surface area contributed by atoms with Crippen molar-refractivity contribution in [2.24, 2.45) is 7.05 Å². The van der Waals surface area contributed by atoms with Crippen molar-refractivity contribution in [3.05, 3.63) is 51.9 Å². The van der Waals surface area contributed by atoms with Crippen LogP contribution in [0.1, 0.15) is 15.9 Å². The highest BCUT2D eigenvalue weighted by atomic mass is 19.4. The molecular formula is C14H12F3N3O3. The van der Waals surface area contributed by atoms with Gasteiger partial charge in [-0.1, -0.05) is 0 Å². The first-order valence-electron chi connectivity index (χ1n) is 6.33. The Balaban J connectivity index is 2.30. The zero-order valence-corrected chi connectivity index (χ0v) is 12.1. The van der Waals surface area contributed by atoms with E-state index in [2.05, 4.69) is 10.4 Å². The predicted molar refractivity (Wildman–Crippen MR) is 75.4 cm³/mol. The maximum absolute atomic E-state index is 12.5. The van der Waals surface area contributed by atoms with Crippen molar-refractivity contribution in [1.82, 2.24) is 9.78 Å². The molecule has 0 saturated carbocycles. The van der Waals surface area contributed by atoms with Crippen molar-refractivity contribution < 1.29 is 22.7 Å². The van der Waals surface area contributed by atoms with E-state index in [0.29, 0.717) is 0 Å². The summed E-state index contributed by atoms with van der Waals surface area (Å²) in [5.41, 5.74) is -1.70. The lowest BCUT2D eigenvalue weighted by atomic mass is 10.2. The van der Waals surface area contributed by atoms with Gasteiger partial charge in [0.2, 0.25) is 0 Å². The van der Waals surface area contributed by atoms with Gasteiger partial charge in [0.05, 0.1) is 18.9 Å². The van der Waals surface area contributed by atoms with Crippen LogP contribution in [0.3, 0.4) is 0 Å². The number of carbonyl (C=O) groups is 1. The van der Waals surface area contributed by atoms with E-state index in [0.717, 1.165) is 28.9 Å². The fraction of sp³-hybridized carbons (Fsp3) is 0.214. The van der Waals surface area contributed by atoms with Crippen molar-refractivity contribution in [1.29, 1.82) is 0 Å². The molecule has 0 radical (unpaired) electrons. The van der Waals surface area contributed by atoms with Gasteiger partial charge in [-0.15, -0.1) is 0 Å². The van der Waals surface area contributed by atoms with Gasteiger partial charge < -0.3 is 10.1 Å². The van der Waals surface area contributed by atoms with Crippen LogP contribution < -0.4 is 15.6 Å². The maximum Gasteiger partial charge on any atom is 0.416 e. The smallest absolute Gasteiger partial charge is 0.416 e. The number of amides is 1. The minimum Gasteiger partial charge on any atom is -0.494 e. The van der Waals surface area contributed by atoms with Crippen LogP contribution in [-0.2, 0) is 13.2 Å². The predicted octanol–water partition coefficient (Wildman–Crippen LogP) is 2.06. The average Bonchev–Trinajstić information content (AvgIpc) is 2.49. The number of nitrogens with one attached hydrogen (secondary N) is 1. The molecule has 0 atom stereocenters. The Bertz CT molecular complexity index is 783. The highest BCUT2D eigenvalue weighted by Crippen LogP contribution is 2.29. The standard InChI is InChI=1S/C14H12F3N3O3/c1-20-13(22)11(10(23-2)7-18-20)12(21)19-9-5-3-8(4-6-9)14(15,16)17/h3-7H,1-2H3,(H,19,21). The van der Waals surface area contributed by atoms with Gasteiger partial charge in [0, 0.05) is 12.7 Å². The number of benzene rings is 1. The van der Waals surface area contributed by atoms with Crippen LogP contribution >= 0.6 is 0 Å². The van der Waals surface area contributed by atoms with Crippen LogP contribution in [0.4, 0.5) is 18.9 Å². The minimum atomic E-state index is -4.47. The van der Waals surface area contributed by atoms with Gasteiger partial charge in [-0.3, -0.25) is 9.59 Å². The summed E-state index contributed by atoms with van der Waals surface area (Å²) in [6, 6.07) is 3.85. The lowest BCUT2D eigenvalue weighted by Gasteiger charge is -2.10. The van der Waals surface area contributed by atoms with Crippen molar-refractivity contribution in [2.45, 2.75) is 6.18 Å². The second-order valence-electron chi connectivity index (χ2n) is 4.55. The number of aryl methyl sites for hydroxylation is 1. The first kappa shape index (κ1) is 16.5. The second-order valence-corrected chi connectivity index (χ2v) is 4.55. The lowest BCUT2D eigenvalue weighted by Crippen LogP contribution is -2.29. The third kappa shape index (κ3) is 3.50. The molecule has 0 unspecified atom stereocenters. The van der Waals surface area contributed by atoms with Crippen LogP contribution in [0.5, 0.6) is 5.75 Å². The monoisotopic (exact) mass is 327 g/mol. The largest absolute Gasteiger partial charge is 0.494 e. The number of ether oxygens (including phenoxy) is 1. The number of hydrogen-bond donors (Lipinski definition) is 1. The van der Waals surface area contributed by atoms with Crippen molar-refractivity contribution in [3.63, 3.8) is 0 Å².